The Hall–Kier alpha value is -3.65. The standard InChI is InChI=1S/C22H17ClN4O7S2/c23-17-8-3-13(10-18(17)27(31)32)21(29)25(12-15-2-1-9-35-15)19-11-20(28)26(22(19)30)14-4-6-16(7-5-14)36(24,33)34/h1-10,19H,11-12H2,(H2,24,33,34). The number of carbonyl (C=O) groups is 3. The van der Waals surface area contributed by atoms with Crippen molar-refractivity contribution in [2.24, 2.45) is 5.14 Å². The summed E-state index contributed by atoms with van der Waals surface area (Å²) in [6, 6.07) is 10.7. The average Bonchev–Trinajstić information content (AvgIpc) is 3.44. The number of nitrogens with two attached hydrogens (primary N) is 1. The van der Waals surface area contributed by atoms with Crippen molar-refractivity contribution in [2.75, 3.05) is 4.90 Å². The largest absolute Gasteiger partial charge is 0.321 e. The number of amides is 3. The quantitative estimate of drug-likeness (QED) is 0.269. The smallest absolute Gasteiger partial charge is 0.288 e. The van der Waals surface area contributed by atoms with E-state index in [0.29, 0.717) is 0 Å². The summed E-state index contributed by atoms with van der Waals surface area (Å²) in [6.07, 6.45) is -0.331. The van der Waals surface area contributed by atoms with Crippen LogP contribution in [0.2, 0.25) is 5.02 Å². The molecule has 186 valence electrons. The lowest BCUT2D eigenvalue weighted by molar-refractivity contribution is -0.384. The van der Waals surface area contributed by atoms with Gasteiger partial charge in [0.05, 0.1) is 28.5 Å². The van der Waals surface area contributed by atoms with E-state index in [0.717, 1.165) is 15.8 Å². The molecule has 0 bridgehead atoms. The summed E-state index contributed by atoms with van der Waals surface area (Å²) in [5, 5.41) is 18.0. The van der Waals surface area contributed by atoms with Crippen molar-refractivity contribution in [3.63, 3.8) is 0 Å². The number of halogens is 1. The van der Waals surface area contributed by atoms with Crippen LogP contribution < -0.4 is 10.0 Å². The summed E-state index contributed by atoms with van der Waals surface area (Å²) < 4.78 is 23.0. The molecule has 1 fully saturated rings. The van der Waals surface area contributed by atoms with E-state index in [1.165, 1.54) is 52.6 Å². The van der Waals surface area contributed by atoms with Crippen LogP contribution in [0.3, 0.4) is 0 Å². The Morgan fingerprint density at radius 2 is 1.89 bits per heavy atom. The van der Waals surface area contributed by atoms with Crippen molar-refractivity contribution in [2.45, 2.75) is 23.9 Å². The molecule has 2 heterocycles. The number of hydrogen-bond acceptors (Lipinski definition) is 8. The van der Waals surface area contributed by atoms with E-state index in [-0.39, 0.29) is 34.1 Å². The van der Waals surface area contributed by atoms with E-state index in [4.69, 9.17) is 16.7 Å². The lowest BCUT2D eigenvalue weighted by atomic mass is 10.1. The van der Waals surface area contributed by atoms with E-state index in [1.807, 2.05) is 0 Å². The number of nitro benzene ring substituents is 1. The van der Waals surface area contributed by atoms with Gasteiger partial charge >= 0.3 is 0 Å². The molecule has 1 aromatic heterocycles. The van der Waals surface area contributed by atoms with Crippen LogP contribution in [0.5, 0.6) is 0 Å². The first-order chi connectivity index (χ1) is 17.0. The Morgan fingerprint density at radius 1 is 1.19 bits per heavy atom. The number of hydrogen-bond donors (Lipinski definition) is 1. The number of carbonyl (C=O) groups excluding carboxylic acids is 3. The van der Waals surface area contributed by atoms with Gasteiger partial charge in [-0.15, -0.1) is 11.3 Å². The van der Waals surface area contributed by atoms with Crippen LogP contribution in [-0.2, 0) is 26.2 Å². The predicted octanol–water partition coefficient (Wildman–Crippen LogP) is 2.93. The van der Waals surface area contributed by atoms with Crippen LogP contribution in [0.15, 0.2) is 64.9 Å². The number of nitro groups is 1. The third-order valence-electron chi connectivity index (χ3n) is 5.48. The van der Waals surface area contributed by atoms with E-state index in [1.54, 1.807) is 17.5 Å². The highest BCUT2D eigenvalue weighted by Gasteiger charge is 2.45. The lowest BCUT2D eigenvalue weighted by Crippen LogP contribution is -2.45. The molecule has 1 saturated heterocycles. The molecule has 0 saturated carbocycles. The molecule has 36 heavy (non-hydrogen) atoms. The summed E-state index contributed by atoms with van der Waals surface area (Å²) in [6.45, 7) is -0.0190. The molecule has 1 aliphatic heterocycles. The van der Waals surface area contributed by atoms with Crippen LogP contribution in [0.1, 0.15) is 21.7 Å². The number of anilines is 1. The molecule has 11 nitrogen and oxygen atoms in total. The van der Waals surface area contributed by atoms with Crippen molar-refractivity contribution in [1.29, 1.82) is 0 Å². The molecule has 1 aliphatic rings. The van der Waals surface area contributed by atoms with Crippen molar-refractivity contribution < 1.29 is 27.7 Å². The minimum Gasteiger partial charge on any atom is -0.321 e. The average molecular weight is 549 g/mol. The minimum absolute atomic E-state index is 0.0190. The monoisotopic (exact) mass is 548 g/mol. The molecule has 1 unspecified atom stereocenters. The number of rotatable bonds is 7. The lowest BCUT2D eigenvalue weighted by Gasteiger charge is -2.27. The van der Waals surface area contributed by atoms with Gasteiger partial charge in [-0.3, -0.25) is 24.5 Å². The molecular formula is C22H17ClN4O7S2. The fourth-order valence-electron chi connectivity index (χ4n) is 3.76. The van der Waals surface area contributed by atoms with Gasteiger partial charge in [-0.2, -0.15) is 0 Å². The summed E-state index contributed by atoms with van der Waals surface area (Å²) in [5.74, 6) is -1.99. The molecule has 3 aromatic rings. The number of nitrogens with zero attached hydrogens (tertiary/aromatic N) is 3. The molecule has 3 amide bonds. The fraction of sp³-hybridized carbons (Fsp3) is 0.136. The maximum absolute atomic E-state index is 13.5. The molecule has 4 rings (SSSR count). The highest BCUT2D eigenvalue weighted by atomic mass is 35.5. The van der Waals surface area contributed by atoms with Gasteiger partial charge in [0.1, 0.15) is 11.1 Å². The van der Waals surface area contributed by atoms with E-state index < -0.39 is 44.4 Å². The molecule has 1 atom stereocenters. The molecule has 14 heteroatoms. The maximum atomic E-state index is 13.5. The normalized spacial score (nSPS) is 15.8. The SMILES string of the molecule is NS(=O)(=O)c1ccc(N2C(=O)CC(N(Cc3cccs3)C(=O)c3ccc(Cl)c([N+](=O)[O-])c3)C2=O)cc1. The van der Waals surface area contributed by atoms with Crippen LogP contribution in [-0.4, -0.2) is 42.0 Å². The van der Waals surface area contributed by atoms with E-state index in [9.17, 15) is 32.9 Å². The highest BCUT2D eigenvalue weighted by Crippen LogP contribution is 2.31. The Bertz CT molecular complexity index is 1470. The maximum Gasteiger partial charge on any atom is 0.288 e. The first-order valence-corrected chi connectivity index (χ1v) is 13.0. The number of thiophene rings is 1. The van der Waals surface area contributed by atoms with E-state index in [2.05, 4.69) is 0 Å². The zero-order chi connectivity index (χ0) is 26.2. The van der Waals surface area contributed by atoms with Crippen LogP contribution in [0.4, 0.5) is 11.4 Å². The number of benzene rings is 2. The Kier molecular flexibility index (Phi) is 6.91. The van der Waals surface area contributed by atoms with Gasteiger partial charge in [0.2, 0.25) is 15.9 Å². The number of primary sulfonamides is 1. The van der Waals surface area contributed by atoms with Crippen LogP contribution in [0, 0.1) is 10.1 Å². The fourth-order valence-corrected chi connectivity index (χ4v) is 5.17. The first kappa shape index (κ1) is 25.4. The second kappa shape index (κ2) is 9.78. The van der Waals surface area contributed by atoms with E-state index >= 15 is 0 Å². The van der Waals surface area contributed by atoms with Gasteiger partial charge < -0.3 is 4.90 Å². The summed E-state index contributed by atoms with van der Waals surface area (Å²) in [4.78, 5) is 52.9. The Morgan fingerprint density at radius 3 is 2.47 bits per heavy atom. The molecule has 0 aliphatic carbocycles. The predicted molar refractivity (Wildman–Crippen MR) is 131 cm³/mol. The molecular weight excluding hydrogens is 532 g/mol. The summed E-state index contributed by atoms with van der Waals surface area (Å²) in [7, 11) is -3.98. The first-order valence-electron chi connectivity index (χ1n) is 10.2. The van der Waals surface area contributed by atoms with Crippen LogP contribution >= 0.6 is 22.9 Å². The van der Waals surface area contributed by atoms with Gasteiger partial charge in [0, 0.05) is 16.5 Å². The molecule has 2 aromatic carbocycles. The number of imide groups is 1. The molecule has 0 spiro atoms. The Labute approximate surface area is 213 Å². The third-order valence-corrected chi connectivity index (χ3v) is 7.59. The Balaban J connectivity index is 1.69. The van der Waals surface area contributed by atoms with Gasteiger partial charge in [-0.05, 0) is 47.8 Å². The zero-order valence-corrected chi connectivity index (χ0v) is 20.6. The van der Waals surface area contributed by atoms with Gasteiger partial charge in [0.25, 0.3) is 17.5 Å². The van der Waals surface area contributed by atoms with Gasteiger partial charge in [0.15, 0.2) is 0 Å². The van der Waals surface area contributed by atoms with Crippen molar-refractivity contribution >= 4 is 62.1 Å². The van der Waals surface area contributed by atoms with Gasteiger partial charge in [-0.1, -0.05) is 17.7 Å². The van der Waals surface area contributed by atoms with Crippen molar-refractivity contribution in [3.8, 4) is 0 Å². The summed E-state index contributed by atoms with van der Waals surface area (Å²) in [5.41, 5.74) is -0.423. The second-order valence-corrected chi connectivity index (χ2v) is 10.8. The molecule has 0 radical (unpaired) electrons. The number of sulfonamides is 1. The second-order valence-electron chi connectivity index (χ2n) is 7.76. The van der Waals surface area contributed by atoms with Crippen molar-refractivity contribution in [3.05, 3.63) is 85.6 Å². The van der Waals surface area contributed by atoms with Crippen LogP contribution in [0.25, 0.3) is 0 Å². The minimum atomic E-state index is -3.98. The van der Waals surface area contributed by atoms with Gasteiger partial charge in [-0.25, -0.2) is 18.5 Å². The third kappa shape index (κ3) is 4.99. The topological polar surface area (TPSA) is 161 Å². The molecule has 2 N–H and O–H groups in total. The van der Waals surface area contributed by atoms with Crippen molar-refractivity contribution in [1.82, 2.24) is 4.90 Å². The summed E-state index contributed by atoms with van der Waals surface area (Å²) >= 11 is 7.20. The zero-order valence-electron chi connectivity index (χ0n) is 18.2. The highest BCUT2D eigenvalue weighted by molar-refractivity contribution is 7.89.